The summed E-state index contributed by atoms with van der Waals surface area (Å²) in [5, 5.41) is 3.05. The molecule has 0 saturated heterocycles. The SMILES string of the molecule is O=C(Cc1ccccc1F)N[C@@H]1CCCc2ccccc21. The highest BCUT2D eigenvalue weighted by atomic mass is 19.1. The Morgan fingerprint density at radius 2 is 1.90 bits per heavy atom. The highest BCUT2D eigenvalue weighted by molar-refractivity contribution is 5.79. The van der Waals surface area contributed by atoms with E-state index in [1.165, 1.54) is 17.2 Å². The van der Waals surface area contributed by atoms with Gasteiger partial charge in [-0.15, -0.1) is 0 Å². The van der Waals surface area contributed by atoms with Crippen LogP contribution < -0.4 is 5.32 Å². The fourth-order valence-electron chi connectivity index (χ4n) is 2.96. The highest BCUT2D eigenvalue weighted by Crippen LogP contribution is 2.29. The van der Waals surface area contributed by atoms with E-state index in [0.29, 0.717) is 5.56 Å². The summed E-state index contributed by atoms with van der Waals surface area (Å²) in [4.78, 5) is 12.2. The third-order valence-electron chi connectivity index (χ3n) is 4.01. The number of carbonyl (C=O) groups is 1. The molecule has 3 heteroatoms. The summed E-state index contributed by atoms with van der Waals surface area (Å²) < 4.78 is 13.6. The normalized spacial score (nSPS) is 17.1. The molecule has 2 nitrogen and oxygen atoms in total. The molecule has 0 spiro atoms. The number of benzene rings is 2. The summed E-state index contributed by atoms with van der Waals surface area (Å²) in [5.41, 5.74) is 2.95. The molecule has 0 radical (unpaired) electrons. The largest absolute Gasteiger partial charge is 0.349 e. The second-order valence-electron chi connectivity index (χ2n) is 5.48. The maximum Gasteiger partial charge on any atom is 0.225 e. The predicted molar refractivity (Wildman–Crippen MR) is 80.4 cm³/mol. The van der Waals surface area contributed by atoms with Crippen molar-refractivity contribution in [3.05, 3.63) is 71.0 Å². The standard InChI is InChI=1S/C18H18FNO/c19-16-10-4-2-7-14(16)12-18(21)20-17-11-5-8-13-6-1-3-9-15(13)17/h1-4,6-7,9-10,17H,5,8,11-12H2,(H,20,21)/t17-/m1/s1. The van der Waals surface area contributed by atoms with Crippen molar-refractivity contribution in [2.75, 3.05) is 0 Å². The van der Waals surface area contributed by atoms with Gasteiger partial charge in [0.15, 0.2) is 0 Å². The highest BCUT2D eigenvalue weighted by Gasteiger charge is 2.21. The van der Waals surface area contributed by atoms with Gasteiger partial charge >= 0.3 is 0 Å². The van der Waals surface area contributed by atoms with Gasteiger partial charge in [-0.1, -0.05) is 42.5 Å². The zero-order valence-corrected chi connectivity index (χ0v) is 11.8. The quantitative estimate of drug-likeness (QED) is 0.917. The molecule has 1 N–H and O–H groups in total. The molecule has 0 bridgehead atoms. The number of rotatable bonds is 3. The lowest BCUT2D eigenvalue weighted by molar-refractivity contribution is -0.121. The lowest BCUT2D eigenvalue weighted by atomic mass is 9.87. The predicted octanol–water partition coefficient (Wildman–Crippen LogP) is 3.56. The van der Waals surface area contributed by atoms with Crippen LogP contribution in [0.3, 0.4) is 0 Å². The van der Waals surface area contributed by atoms with Crippen LogP contribution >= 0.6 is 0 Å². The molecule has 2 aromatic rings. The average molecular weight is 283 g/mol. The number of halogens is 1. The van der Waals surface area contributed by atoms with Crippen molar-refractivity contribution in [3.8, 4) is 0 Å². The van der Waals surface area contributed by atoms with E-state index in [1.807, 2.05) is 12.1 Å². The molecule has 1 atom stereocenters. The van der Waals surface area contributed by atoms with E-state index in [4.69, 9.17) is 0 Å². The lowest BCUT2D eigenvalue weighted by Crippen LogP contribution is -2.32. The van der Waals surface area contributed by atoms with Crippen LogP contribution in [-0.4, -0.2) is 5.91 Å². The molecular formula is C18H18FNO. The number of aryl methyl sites for hydroxylation is 1. The molecule has 21 heavy (non-hydrogen) atoms. The van der Waals surface area contributed by atoms with E-state index < -0.39 is 0 Å². The molecular weight excluding hydrogens is 265 g/mol. The van der Waals surface area contributed by atoms with Gasteiger partial charge in [-0.25, -0.2) is 4.39 Å². The van der Waals surface area contributed by atoms with E-state index in [0.717, 1.165) is 19.3 Å². The van der Waals surface area contributed by atoms with E-state index in [9.17, 15) is 9.18 Å². The Balaban J connectivity index is 1.70. The fourth-order valence-corrected chi connectivity index (χ4v) is 2.96. The molecule has 2 aromatic carbocycles. The van der Waals surface area contributed by atoms with Crippen molar-refractivity contribution in [3.63, 3.8) is 0 Å². The Kier molecular flexibility index (Phi) is 4.00. The van der Waals surface area contributed by atoms with Crippen LogP contribution in [0.25, 0.3) is 0 Å². The van der Waals surface area contributed by atoms with Crippen molar-refractivity contribution < 1.29 is 9.18 Å². The Bertz CT molecular complexity index is 653. The first-order valence-electron chi connectivity index (χ1n) is 7.34. The van der Waals surface area contributed by atoms with Crippen LogP contribution in [0.15, 0.2) is 48.5 Å². The number of fused-ring (bicyclic) bond motifs is 1. The Hall–Kier alpha value is -2.16. The molecule has 1 aliphatic carbocycles. The molecule has 0 saturated carbocycles. The molecule has 1 aliphatic rings. The van der Waals surface area contributed by atoms with Crippen molar-refractivity contribution in [2.45, 2.75) is 31.7 Å². The Morgan fingerprint density at radius 1 is 1.14 bits per heavy atom. The summed E-state index contributed by atoms with van der Waals surface area (Å²) in [6, 6.07) is 14.7. The lowest BCUT2D eigenvalue weighted by Gasteiger charge is -2.26. The van der Waals surface area contributed by atoms with E-state index >= 15 is 0 Å². The summed E-state index contributed by atoms with van der Waals surface area (Å²) in [7, 11) is 0. The van der Waals surface area contributed by atoms with Gasteiger partial charge in [-0.05, 0) is 42.0 Å². The monoisotopic (exact) mass is 283 g/mol. The Morgan fingerprint density at radius 3 is 2.76 bits per heavy atom. The van der Waals surface area contributed by atoms with Crippen molar-refractivity contribution >= 4 is 5.91 Å². The molecule has 0 heterocycles. The molecule has 108 valence electrons. The summed E-state index contributed by atoms with van der Waals surface area (Å²) >= 11 is 0. The van der Waals surface area contributed by atoms with Crippen LogP contribution in [0.2, 0.25) is 0 Å². The molecule has 0 aromatic heterocycles. The zero-order chi connectivity index (χ0) is 14.7. The van der Waals surface area contributed by atoms with Gasteiger partial charge in [0, 0.05) is 0 Å². The van der Waals surface area contributed by atoms with Crippen molar-refractivity contribution in [1.82, 2.24) is 5.32 Å². The van der Waals surface area contributed by atoms with Crippen molar-refractivity contribution in [2.24, 2.45) is 0 Å². The molecule has 0 aliphatic heterocycles. The van der Waals surface area contributed by atoms with Gasteiger partial charge < -0.3 is 5.32 Å². The van der Waals surface area contributed by atoms with Gasteiger partial charge in [-0.2, -0.15) is 0 Å². The summed E-state index contributed by atoms with van der Waals surface area (Å²) in [6.45, 7) is 0. The first-order chi connectivity index (χ1) is 10.2. The summed E-state index contributed by atoms with van der Waals surface area (Å²) in [5.74, 6) is -0.446. The molecule has 0 fully saturated rings. The maximum atomic E-state index is 13.6. The zero-order valence-electron chi connectivity index (χ0n) is 11.8. The van der Waals surface area contributed by atoms with Crippen LogP contribution in [0.1, 0.15) is 35.6 Å². The smallest absolute Gasteiger partial charge is 0.225 e. The number of amides is 1. The fraction of sp³-hybridized carbons (Fsp3) is 0.278. The molecule has 0 unspecified atom stereocenters. The minimum atomic E-state index is -0.323. The van der Waals surface area contributed by atoms with Gasteiger partial charge in [-0.3, -0.25) is 4.79 Å². The number of nitrogens with one attached hydrogen (secondary N) is 1. The van der Waals surface area contributed by atoms with Gasteiger partial charge in [0.05, 0.1) is 12.5 Å². The first kappa shape index (κ1) is 13.8. The van der Waals surface area contributed by atoms with E-state index in [2.05, 4.69) is 17.4 Å². The number of hydrogen-bond donors (Lipinski definition) is 1. The van der Waals surface area contributed by atoms with Gasteiger partial charge in [0.1, 0.15) is 5.82 Å². The van der Waals surface area contributed by atoms with E-state index in [-0.39, 0.29) is 24.2 Å². The topological polar surface area (TPSA) is 29.1 Å². The minimum absolute atomic E-state index is 0.0502. The minimum Gasteiger partial charge on any atom is -0.349 e. The first-order valence-corrected chi connectivity index (χ1v) is 7.34. The van der Waals surface area contributed by atoms with Gasteiger partial charge in [0.25, 0.3) is 0 Å². The van der Waals surface area contributed by atoms with Crippen molar-refractivity contribution in [1.29, 1.82) is 0 Å². The van der Waals surface area contributed by atoms with Crippen LogP contribution in [-0.2, 0) is 17.6 Å². The number of hydrogen-bond acceptors (Lipinski definition) is 1. The second-order valence-corrected chi connectivity index (χ2v) is 5.48. The molecule has 1 amide bonds. The number of carbonyl (C=O) groups excluding carboxylic acids is 1. The second kappa shape index (κ2) is 6.08. The van der Waals surface area contributed by atoms with Crippen LogP contribution in [0.4, 0.5) is 4.39 Å². The van der Waals surface area contributed by atoms with Crippen LogP contribution in [0.5, 0.6) is 0 Å². The Labute approximate surface area is 124 Å². The van der Waals surface area contributed by atoms with Gasteiger partial charge in [0.2, 0.25) is 5.91 Å². The van der Waals surface area contributed by atoms with E-state index in [1.54, 1.807) is 18.2 Å². The third-order valence-corrected chi connectivity index (χ3v) is 4.01. The molecule has 3 rings (SSSR count). The third kappa shape index (κ3) is 3.13. The summed E-state index contributed by atoms with van der Waals surface area (Å²) in [6.07, 6.45) is 3.17. The average Bonchev–Trinajstić information content (AvgIpc) is 2.50. The maximum absolute atomic E-state index is 13.6. The van der Waals surface area contributed by atoms with Crippen LogP contribution in [0, 0.1) is 5.82 Å².